The van der Waals surface area contributed by atoms with E-state index in [0.29, 0.717) is 0 Å². The second kappa shape index (κ2) is 3.54. The second-order valence-electron chi connectivity index (χ2n) is 3.47. The van der Waals surface area contributed by atoms with Crippen LogP contribution in [0.5, 0.6) is 0 Å². The minimum absolute atomic E-state index is 0.0664. The highest BCUT2D eigenvalue weighted by Gasteiger charge is 2.18. The summed E-state index contributed by atoms with van der Waals surface area (Å²) in [5.74, 6) is 0. The Morgan fingerprint density at radius 2 is 2.31 bits per heavy atom. The first kappa shape index (κ1) is 6.65. The Kier molecular flexibility index (Phi) is 1.81. The zero-order valence-corrected chi connectivity index (χ0v) is 9.23. The van der Waals surface area contributed by atoms with E-state index in [4.69, 9.17) is 8.85 Å². The molecule has 0 radical (unpaired) electrons. The molecule has 0 bridgehead atoms. The molecule has 1 heterocycles. The number of ether oxygens (including phenoxy) is 1. The Balaban J connectivity index is 3.15. The van der Waals surface area contributed by atoms with Gasteiger partial charge in [0.15, 0.2) is 0 Å². The first-order valence-electron chi connectivity index (χ1n) is 5.22. The van der Waals surface area contributed by atoms with Gasteiger partial charge < -0.3 is 4.74 Å². The summed E-state index contributed by atoms with van der Waals surface area (Å²) < 4.78 is 28.3. The zero-order valence-electron chi connectivity index (χ0n) is 10.6. The molecule has 0 spiro atoms. The predicted octanol–water partition coefficient (Wildman–Crippen LogP) is 3.03. The van der Waals surface area contributed by atoms with Crippen molar-refractivity contribution in [2.45, 2.75) is 26.4 Å². The molecule has 0 N–H and O–H groups in total. The van der Waals surface area contributed by atoms with Gasteiger partial charge in [0.1, 0.15) is 5.60 Å². The van der Waals surface area contributed by atoms with Gasteiger partial charge in [-0.15, -0.1) is 0 Å². The highest BCUT2D eigenvalue weighted by atomic mass is 79.9. The van der Waals surface area contributed by atoms with Crippen molar-refractivity contribution in [3.05, 3.63) is 22.9 Å². The predicted molar refractivity (Wildman–Crippen MR) is 53.8 cm³/mol. The third kappa shape index (κ3) is 2.88. The molecule has 0 fully saturated rings. The van der Waals surface area contributed by atoms with E-state index in [0.717, 1.165) is 4.57 Å². The third-order valence-electron chi connectivity index (χ3n) is 1.11. The van der Waals surface area contributed by atoms with Gasteiger partial charge in [0.05, 0.1) is 8.72 Å². The zero-order chi connectivity index (χ0) is 12.7. The van der Waals surface area contributed by atoms with Gasteiger partial charge in [-0.2, -0.15) is 0 Å². The lowest BCUT2D eigenvalue weighted by atomic mass is 10.2. The molecule has 4 heteroatoms. The lowest BCUT2D eigenvalue weighted by Gasteiger charge is -2.19. The maximum atomic E-state index is 11.7. The van der Waals surface area contributed by atoms with Gasteiger partial charge in [-0.05, 0) is 48.8 Å². The Hall–Kier alpha value is -0.770. The smallest absolute Gasteiger partial charge is 0.419 e. The number of halogens is 1. The molecule has 1 aromatic heterocycles. The van der Waals surface area contributed by atoms with Crippen LogP contribution >= 0.6 is 15.9 Å². The number of carbonyl (C=O) groups is 1. The number of aromatic nitrogens is 1. The summed E-state index contributed by atoms with van der Waals surface area (Å²) in [6.07, 6.45) is -1.12. The average molecular weight is 249 g/mol. The number of nitrogens with zero attached hydrogens (tertiary/aromatic N) is 1. The van der Waals surface area contributed by atoms with E-state index in [-0.39, 0.29) is 22.9 Å². The van der Waals surface area contributed by atoms with E-state index in [1.54, 1.807) is 20.8 Å². The molecule has 0 unspecified atom stereocenters. The summed E-state index contributed by atoms with van der Waals surface area (Å²) in [5, 5.41) is 0. The van der Waals surface area contributed by atoms with Crippen LogP contribution in [0.4, 0.5) is 4.79 Å². The van der Waals surface area contributed by atoms with Crippen LogP contribution in [-0.4, -0.2) is 16.3 Å². The lowest BCUT2D eigenvalue weighted by Crippen LogP contribution is -2.26. The van der Waals surface area contributed by atoms with E-state index in [2.05, 4.69) is 15.9 Å². The highest BCUT2D eigenvalue weighted by molar-refractivity contribution is 9.10. The maximum absolute atomic E-state index is 11.7. The molecule has 1 rings (SSSR count). The summed E-state index contributed by atoms with van der Waals surface area (Å²) in [7, 11) is 0. The van der Waals surface area contributed by atoms with Crippen LogP contribution in [0.25, 0.3) is 0 Å². The van der Waals surface area contributed by atoms with Crippen molar-refractivity contribution in [3.63, 3.8) is 0 Å². The first-order chi connectivity index (χ1) is 7.15. The molecule has 0 aliphatic carbocycles. The lowest BCUT2D eigenvalue weighted by molar-refractivity contribution is 0.0534. The fraction of sp³-hybridized carbons (Fsp3) is 0.444. The largest absolute Gasteiger partial charge is 0.443 e. The van der Waals surface area contributed by atoms with Crippen molar-refractivity contribution in [1.29, 1.82) is 0 Å². The molecule has 0 saturated heterocycles. The van der Waals surface area contributed by atoms with Gasteiger partial charge >= 0.3 is 6.09 Å². The van der Waals surface area contributed by atoms with Crippen molar-refractivity contribution in [2.75, 3.05) is 0 Å². The molecule has 13 heavy (non-hydrogen) atoms. The van der Waals surface area contributed by atoms with E-state index in [1.807, 2.05) is 0 Å². The standard InChI is InChI=1S/C9H12BrNO2/c1-9(2,3)13-8(12)11-6-4-5-7(11)10/h4-6H,1-3H3/i4D,5D,6D. The van der Waals surface area contributed by atoms with E-state index < -0.39 is 11.7 Å². The van der Waals surface area contributed by atoms with Crippen LogP contribution in [0.15, 0.2) is 22.9 Å². The van der Waals surface area contributed by atoms with Crippen LogP contribution in [-0.2, 0) is 4.74 Å². The van der Waals surface area contributed by atoms with Gasteiger partial charge in [0.25, 0.3) is 0 Å². The summed E-state index contributed by atoms with van der Waals surface area (Å²) in [6.45, 7) is 5.11. The fourth-order valence-corrected chi connectivity index (χ4v) is 1.01. The number of hydrogen-bond donors (Lipinski definition) is 0. The Bertz CT molecular complexity index is 411. The number of hydrogen-bond acceptors (Lipinski definition) is 2. The van der Waals surface area contributed by atoms with Crippen LogP contribution in [0.3, 0.4) is 0 Å². The molecule has 3 nitrogen and oxygen atoms in total. The highest BCUT2D eigenvalue weighted by Crippen LogP contribution is 2.14. The van der Waals surface area contributed by atoms with E-state index in [1.165, 1.54) is 0 Å². The molecule has 72 valence electrons. The SMILES string of the molecule is [2H]c1c([2H])c(Br)n(C(=O)OC(C)(C)C)c1[2H]. The minimum Gasteiger partial charge on any atom is -0.443 e. The molecule has 0 saturated carbocycles. The van der Waals surface area contributed by atoms with E-state index >= 15 is 0 Å². The quantitative estimate of drug-likeness (QED) is 0.707. The second-order valence-corrected chi connectivity index (χ2v) is 4.22. The summed E-state index contributed by atoms with van der Waals surface area (Å²) in [5.41, 5.74) is -0.683. The van der Waals surface area contributed by atoms with Crippen LogP contribution < -0.4 is 0 Å². The normalized spacial score (nSPS) is 14.6. The van der Waals surface area contributed by atoms with Gasteiger partial charge in [-0.1, -0.05) is 0 Å². The Labute approximate surface area is 90.0 Å². The van der Waals surface area contributed by atoms with E-state index in [9.17, 15) is 4.79 Å². The molecular weight excluding hydrogens is 234 g/mol. The van der Waals surface area contributed by atoms with Gasteiger partial charge in [-0.3, -0.25) is 0 Å². The van der Waals surface area contributed by atoms with Crippen molar-refractivity contribution >= 4 is 22.0 Å². The molecule has 0 aliphatic rings. The van der Waals surface area contributed by atoms with Crippen LogP contribution in [0.2, 0.25) is 0 Å². The van der Waals surface area contributed by atoms with Gasteiger partial charge in [-0.25, -0.2) is 9.36 Å². The van der Waals surface area contributed by atoms with Gasteiger partial charge in [0.2, 0.25) is 0 Å². The average Bonchev–Trinajstić information content (AvgIpc) is 2.28. The van der Waals surface area contributed by atoms with Crippen molar-refractivity contribution in [1.82, 2.24) is 4.57 Å². The Morgan fingerprint density at radius 1 is 1.69 bits per heavy atom. The molecule has 0 aliphatic heterocycles. The van der Waals surface area contributed by atoms with Crippen LogP contribution in [0, 0.1) is 0 Å². The minimum atomic E-state index is -0.767. The molecule has 0 amide bonds. The summed E-state index contributed by atoms with van der Waals surface area (Å²) in [4.78, 5) is 11.7. The van der Waals surface area contributed by atoms with Crippen molar-refractivity contribution in [3.8, 4) is 0 Å². The number of carbonyl (C=O) groups excluding carboxylic acids is 1. The van der Waals surface area contributed by atoms with Crippen LogP contribution in [0.1, 0.15) is 24.9 Å². The topological polar surface area (TPSA) is 31.2 Å². The fourth-order valence-electron chi connectivity index (χ4n) is 0.674. The maximum Gasteiger partial charge on any atom is 0.419 e. The molecule has 0 aromatic carbocycles. The third-order valence-corrected chi connectivity index (χ3v) is 1.66. The van der Waals surface area contributed by atoms with Crippen molar-refractivity contribution < 1.29 is 13.6 Å². The molecule has 1 aromatic rings. The first-order valence-corrected chi connectivity index (χ1v) is 4.52. The number of rotatable bonds is 0. The molecule has 0 atom stereocenters. The summed E-state index contributed by atoms with van der Waals surface area (Å²) >= 11 is 2.99. The molecular formula is C9H12BrNO2. The van der Waals surface area contributed by atoms with Crippen molar-refractivity contribution in [2.24, 2.45) is 0 Å². The monoisotopic (exact) mass is 248 g/mol. The summed E-state index contributed by atoms with van der Waals surface area (Å²) in [6, 6.07) is -0.506. The van der Waals surface area contributed by atoms with Gasteiger partial charge in [0, 0.05) is 6.17 Å². The Morgan fingerprint density at radius 3 is 2.69 bits per heavy atom.